The number of carboxylic acids is 1. The number of amides is 2. The standard InChI is InChI=1S/C17H24N2O5/c20-16(21)8-4-9-18-17(22)19-12-15(13-19)24-11-5-10-23-14-6-2-1-3-7-14/h1-3,6-7,15H,4-5,8-13H2,(H,18,22)(H,20,21). The second-order valence-corrected chi connectivity index (χ2v) is 5.64. The summed E-state index contributed by atoms with van der Waals surface area (Å²) in [5, 5.41) is 11.2. The molecule has 7 nitrogen and oxygen atoms in total. The lowest BCUT2D eigenvalue weighted by Crippen LogP contribution is -2.57. The van der Waals surface area contributed by atoms with Crippen molar-refractivity contribution in [2.45, 2.75) is 25.4 Å². The molecule has 1 aromatic carbocycles. The van der Waals surface area contributed by atoms with Crippen LogP contribution in [0.15, 0.2) is 30.3 Å². The molecule has 0 aliphatic carbocycles. The van der Waals surface area contributed by atoms with Crippen LogP contribution in [-0.4, -0.2) is 61.0 Å². The highest BCUT2D eigenvalue weighted by molar-refractivity contribution is 5.75. The van der Waals surface area contributed by atoms with Crippen molar-refractivity contribution in [3.05, 3.63) is 30.3 Å². The number of ether oxygens (including phenoxy) is 2. The van der Waals surface area contributed by atoms with E-state index < -0.39 is 5.97 Å². The van der Waals surface area contributed by atoms with E-state index in [1.165, 1.54) is 0 Å². The normalized spacial score (nSPS) is 14.1. The first kappa shape index (κ1) is 18.1. The van der Waals surface area contributed by atoms with Crippen LogP contribution in [0.3, 0.4) is 0 Å². The molecule has 1 heterocycles. The van der Waals surface area contributed by atoms with Crippen LogP contribution in [0, 0.1) is 0 Å². The molecule has 0 aromatic heterocycles. The van der Waals surface area contributed by atoms with Gasteiger partial charge >= 0.3 is 12.0 Å². The second-order valence-electron chi connectivity index (χ2n) is 5.64. The van der Waals surface area contributed by atoms with Crippen molar-refractivity contribution in [3.8, 4) is 5.75 Å². The molecule has 132 valence electrons. The first-order valence-corrected chi connectivity index (χ1v) is 8.19. The number of carboxylic acid groups (broad SMARTS) is 1. The number of carbonyl (C=O) groups is 2. The summed E-state index contributed by atoms with van der Waals surface area (Å²) in [7, 11) is 0. The molecule has 0 bridgehead atoms. The van der Waals surface area contributed by atoms with Crippen molar-refractivity contribution in [3.63, 3.8) is 0 Å². The zero-order chi connectivity index (χ0) is 17.2. The molecule has 1 saturated heterocycles. The Balaban J connectivity index is 1.45. The number of para-hydroxylation sites is 1. The van der Waals surface area contributed by atoms with Crippen molar-refractivity contribution in [2.75, 3.05) is 32.8 Å². The van der Waals surface area contributed by atoms with Gasteiger partial charge in [0.25, 0.3) is 0 Å². The van der Waals surface area contributed by atoms with Crippen molar-refractivity contribution >= 4 is 12.0 Å². The van der Waals surface area contributed by atoms with Gasteiger partial charge in [-0.3, -0.25) is 4.79 Å². The Hall–Kier alpha value is -2.28. The van der Waals surface area contributed by atoms with Gasteiger partial charge in [-0.15, -0.1) is 0 Å². The van der Waals surface area contributed by atoms with Gasteiger partial charge in [0, 0.05) is 19.4 Å². The van der Waals surface area contributed by atoms with Gasteiger partial charge in [0.15, 0.2) is 0 Å². The summed E-state index contributed by atoms with van der Waals surface area (Å²) in [5.74, 6) is 0.00444. The second kappa shape index (κ2) is 9.77. The van der Waals surface area contributed by atoms with E-state index in [4.69, 9.17) is 14.6 Å². The minimum Gasteiger partial charge on any atom is -0.494 e. The number of nitrogens with one attached hydrogen (secondary N) is 1. The highest BCUT2D eigenvalue weighted by Gasteiger charge is 2.30. The molecule has 0 saturated carbocycles. The van der Waals surface area contributed by atoms with Gasteiger partial charge in [-0.1, -0.05) is 18.2 Å². The van der Waals surface area contributed by atoms with Crippen molar-refractivity contribution in [1.29, 1.82) is 0 Å². The van der Waals surface area contributed by atoms with Crippen LogP contribution in [-0.2, 0) is 9.53 Å². The number of hydrogen-bond acceptors (Lipinski definition) is 4. The number of carbonyl (C=O) groups excluding carboxylic acids is 1. The predicted octanol–water partition coefficient (Wildman–Crippen LogP) is 1.73. The molecule has 0 spiro atoms. The van der Waals surface area contributed by atoms with E-state index >= 15 is 0 Å². The first-order valence-electron chi connectivity index (χ1n) is 8.19. The van der Waals surface area contributed by atoms with Crippen molar-refractivity contribution in [1.82, 2.24) is 10.2 Å². The molecule has 1 fully saturated rings. The third-order valence-electron chi connectivity index (χ3n) is 3.63. The number of rotatable bonds is 10. The number of likely N-dealkylation sites (tertiary alicyclic amines) is 1. The largest absolute Gasteiger partial charge is 0.494 e. The third kappa shape index (κ3) is 6.45. The van der Waals surface area contributed by atoms with Crippen molar-refractivity contribution in [2.24, 2.45) is 0 Å². The van der Waals surface area contributed by atoms with Crippen LogP contribution in [0.2, 0.25) is 0 Å². The summed E-state index contributed by atoms with van der Waals surface area (Å²) >= 11 is 0. The minimum absolute atomic E-state index is 0.0665. The number of hydrogen-bond donors (Lipinski definition) is 2. The lowest BCUT2D eigenvalue weighted by molar-refractivity contribution is -0.137. The fourth-order valence-corrected chi connectivity index (χ4v) is 2.27. The van der Waals surface area contributed by atoms with Crippen LogP contribution >= 0.6 is 0 Å². The molecule has 2 amide bonds. The lowest BCUT2D eigenvalue weighted by atomic mass is 10.2. The topological polar surface area (TPSA) is 88.1 Å². The van der Waals surface area contributed by atoms with Crippen LogP contribution in [0.1, 0.15) is 19.3 Å². The van der Waals surface area contributed by atoms with Crippen LogP contribution in [0.4, 0.5) is 4.79 Å². The third-order valence-corrected chi connectivity index (χ3v) is 3.63. The monoisotopic (exact) mass is 336 g/mol. The van der Waals surface area contributed by atoms with E-state index in [2.05, 4.69) is 5.32 Å². The lowest BCUT2D eigenvalue weighted by Gasteiger charge is -2.38. The van der Waals surface area contributed by atoms with E-state index in [9.17, 15) is 9.59 Å². The number of urea groups is 1. The summed E-state index contributed by atoms with van der Waals surface area (Å²) in [6, 6.07) is 9.48. The summed E-state index contributed by atoms with van der Waals surface area (Å²) in [6.07, 6.45) is 1.38. The molecule has 0 radical (unpaired) electrons. The van der Waals surface area contributed by atoms with E-state index in [0.717, 1.165) is 12.2 Å². The Kier molecular flexibility index (Phi) is 7.35. The predicted molar refractivity (Wildman–Crippen MR) is 88.1 cm³/mol. The zero-order valence-corrected chi connectivity index (χ0v) is 13.6. The molecule has 1 aliphatic rings. The average Bonchev–Trinajstić information content (AvgIpc) is 2.53. The Bertz CT molecular complexity index is 517. The molecule has 2 rings (SSSR count). The van der Waals surface area contributed by atoms with Gasteiger partial charge in [-0.25, -0.2) is 4.79 Å². The van der Waals surface area contributed by atoms with Crippen LogP contribution in [0.5, 0.6) is 5.75 Å². The molecule has 1 aromatic rings. The van der Waals surface area contributed by atoms with E-state index in [1.54, 1.807) is 4.90 Å². The van der Waals surface area contributed by atoms with Gasteiger partial charge < -0.3 is 24.8 Å². The summed E-state index contributed by atoms with van der Waals surface area (Å²) in [4.78, 5) is 23.8. The molecule has 0 unspecified atom stereocenters. The van der Waals surface area contributed by atoms with Gasteiger partial charge in [0.1, 0.15) is 5.75 Å². The first-order chi connectivity index (χ1) is 11.6. The maximum Gasteiger partial charge on any atom is 0.317 e. The Labute approximate surface area is 141 Å². The summed E-state index contributed by atoms with van der Waals surface area (Å²) < 4.78 is 11.2. The molecular weight excluding hydrogens is 312 g/mol. The van der Waals surface area contributed by atoms with E-state index in [-0.39, 0.29) is 18.6 Å². The summed E-state index contributed by atoms with van der Waals surface area (Å²) in [5.41, 5.74) is 0. The van der Waals surface area contributed by atoms with Gasteiger partial charge in [-0.2, -0.15) is 0 Å². The molecule has 2 N–H and O–H groups in total. The number of benzene rings is 1. The Morgan fingerprint density at radius 3 is 2.62 bits per heavy atom. The Morgan fingerprint density at radius 1 is 1.17 bits per heavy atom. The number of aliphatic carboxylic acids is 1. The van der Waals surface area contributed by atoms with Gasteiger partial charge in [-0.05, 0) is 18.6 Å². The Morgan fingerprint density at radius 2 is 1.92 bits per heavy atom. The maximum absolute atomic E-state index is 11.7. The highest BCUT2D eigenvalue weighted by Crippen LogP contribution is 2.12. The molecular formula is C17H24N2O5. The molecule has 0 atom stereocenters. The van der Waals surface area contributed by atoms with Gasteiger partial charge in [0.2, 0.25) is 0 Å². The minimum atomic E-state index is -0.849. The van der Waals surface area contributed by atoms with Crippen LogP contribution < -0.4 is 10.1 Å². The van der Waals surface area contributed by atoms with Gasteiger partial charge in [0.05, 0.1) is 32.4 Å². The smallest absolute Gasteiger partial charge is 0.317 e. The molecule has 1 aliphatic heterocycles. The molecule has 7 heteroatoms. The van der Waals surface area contributed by atoms with E-state index in [1.807, 2.05) is 30.3 Å². The van der Waals surface area contributed by atoms with E-state index in [0.29, 0.717) is 39.3 Å². The SMILES string of the molecule is O=C(O)CCCNC(=O)N1CC(OCCCOc2ccccc2)C1. The highest BCUT2D eigenvalue weighted by atomic mass is 16.5. The quantitative estimate of drug-likeness (QED) is 0.635. The fourth-order valence-electron chi connectivity index (χ4n) is 2.27. The maximum atomic E-state index is 11.7. The average molecular weight is 336 g/mol. The number of nitrogens with zero attached hydrogens (tertiary/aromatic N) is 1. The van der Waals surface area contributed by atoms with Crippen LogP contribution in [0.25, 0.3) is 0 Å². The fraction of sp³-hybridized carbons (Fsp3) is 0.529. The zero-order valence-electron chi connectivity index (χ0n) is 13.6. The summed E-state index contributed by atoms with van der Waals surface area (Å²) in [6.45, 7) is 2.73. The molecule has 24 heavy (non-hydrogen) atoms. The van der Waals surface area contributed by atoms with Crippen molar-refractivity contribution < 1.29 is 24.2 Å².